The van der Waals surface area contributed by atoms with Crippen LogP contribution in [0.5, 0.6) is 0 Å². The number of hydrogen-bond donors (Lipinski definition) is 0. The molecule has 0 spiro atoms. The predicted molar refractivity (Wildman–Crippen MR) is 84.4 cm³/mol. The van der Waals surface area contributed by atoms with E-state index in [0.29, 0.717) is 0 Å². The van der Waals surface area contributed by atoms with Gasteiger partial charge in [0.15, 0.2) is 0 Å². The molecule has 3 aliphatic carbocycles. The molecular weight excluding hydrogens is 244 g/mol. The molecule has 1 heteroatoms. The van der Waals surface area contributed by atoms with E-state index < -0.39 is 8.07 Å². The van der Waals surface area contributed by atoms with Gasteiger partial charge in [-0.1, -0.05) is 67.3 Å². The minimum Gasteiger partial charge on any atom is -0.0845 e. The van der Waals surface area contributed by atoms with E-state index in [4.69, 9.17) is 0 Å². The molecule has 0 aliphatic heterocycles. The number of rotatable bonds is 2. The summed E-state index contributed by atoms with van der Waals surface area (Å²) in [6.45, 7) is 7.57. The third-order valence-electron chi connectivity index (χ3n) is 5.31. The van der Waals surface area contributed by atoms with Crippen LogP contribution in [0.3, 0.4) is 0 Å². The number of allylic oxidation sites excluding steroid dienone is 4. The summed E-state index contributed by atoms with van der Waals surface area (Å²) in [6.07, 6.45) is 6.42. The van der Waals surface area contributed by atoms with E-state index in [2.05, 4.69) is 62.1 Å². The Labute approximate surface area is 117 Å². The average molecular weight is 266 g/mol. The molecule has 1 aromatic carbocycles. The second kappa shape index (κ2) is 3.73. The van der Waals surface area contributed by atoms with Crippen molar-refractivity contribution in [1.82, 2.24) is 0 Å². The van der Waals surface area contributed by atoms with Crippen LogP contribution < -0.4 is 0 Å². The van der Waals surface area contributed by atoms with Crippen LogP contribution >= 0.6 is 0 Å². The maximum Gasteiger partial charge on any atom is 0.0732 e. The smallest absolute Gasteiger partial charge is 0.0732 e. The molecule has 0 aromatic heterocycles. The lowest BCUT2D eigenvalue weighted by molar-refractivity contribution is 0.406. The Morgan fingerprint density at radius 3 is 2.16 bits per heavy atom. The molecule has 0 unspecified atom stereocenters. The Kier molecular flexibility index (Phi) is 2.30. The summed E-state index contributed by atoms with van der Waals surface area (Å²) >= 11 is 0. The van der Waals surface area contributed by atoms with E-state index in [9.17, 15) is 0 Å². The fourth-order valence-electron chi connectivity index (χ4n) is 4.74. The molecule has 98 valence electrons. The summed E-state index contributed by atoms with van der Waals surface area (Å²) in [5.74, 6) is 3.45. The molecule has 1 saturated carbocycles. The molecule has 2 bridgehead atoms. The summed E-state index contributed by atoms with van der Waals surface area (Å²) in [7, 11) is -1.20. The maximum absolute atomic E-state index is 2.52. The van der Waals surface area contributed by atoms with Crippen molar-refractivity contribution in [3.63, 3.8) is 0 Å². The van der Waals surface area contributed by atoms with E-state index in [0.717, 1.165) is 23.7 Å². The standard InChI is InChI=1S/C18H22Si/c1-19(2,3)18-16(12-7-5-4-6-8-12)15-13-9-10-14(11-13)17(15)18/h4-10,13-15,17H,11H2,1-3H3/t13-,14+,15-,17-/m1/s1. The van der Waals surface area contributed by atoms with Gasteiger partial charge >= 0.3 is 0 Å². The van der Waals surface area contributed by atoms with Gasteiger partial charge in [0.05, 0.1) is 8.07 Å². The Bertz CT molecular complexity index is 573. The average Bonchev–Trinajstić information content (AvgIpc) is 2.85. The van der Waals surface area contributed by atoms with Gasteiger partial charge < -0.3 is 0 Å². The predicted octanol–water partition coefficient (Wildman–Crippen LogP) is 4.77. The molecule has 0 amide bonds. The van der Waals surface area contributed by atoms with E-state index in [-0.39, 0.29) is 0 Å². The Morgan fingerprint density at radius 1 is 0.895 bits per heavy atom. The Hall–Kier alpha value is -1.08. The highest BCUT2D eigenvalue weighted by Gasteiger charge is 2.57. The van der Waals surface area contributed by atoms with E-state index in [1.807, 2.05) is 5.20 Å². The van der Waals surface area contributed by atoms with Gasteiger partial charge in [0.25, 0.3) is 0 Å². The number of hydrogen-bond acceptors (Lipinski definition) is 0. The SMILES string of the molecule is C[Si](C)(C)C1=C(c2ccccc2)[C@@H]2[C@H]1[C@H]1C=C[C@@H]2C1. The van der Waals surface area contributed by atoms with Crippen LogP contribution in [0.15, 0.2) is 47.7 Å². The summed E-state index contributed by atoms with van der Waals surface area (Å²) in [5.41, 5.74) is 3.24. The summed E-state index contributed by atoms with van der Waals surface area (Å²) < 4.78 is 0. The number of fused-ring (bicyclic) bond motifs is 5. The molecule has 0 radical (unpaired) electrons. The molecule has 3 aliphatic rings. The van der Waals surface area contributed by atoms with E-state index >= 15 is 0 Å². The highest BCUT2D eigenvalue weighted by Crippen LogP contribution is 2.65. The fourth-order valence-corrected chi connectivity index (χ4v) is 7.25. The highest BCUT2D eigenvalue weighted by molar-refractivity contribution is 6.84. The summed E-state index contributed by atoms with van der Waals surface area (Å²) in [5, 5.41) is 1.88. The van der Waals surface area contributed by atoms with Gasteiger partial charge in [0.2, 0.25) is 0 Å². The van der Waals surface area contributed by atoms with Crippen LogP contribution in [0, 0.1) is 23.7 Å². The van der Waals surface area contributed by atoms with E-state index in [1.54, 1.807) is 5.57 Å². The monoisotopic (exact) mass is 266 g/mol. The third kappa shape index (κ3) is 1.51. The lowest BCUT2D eigenvalue weighted by Crippen LogP contribution is -2.44. The molecule has 0 N–H and O–H groups in total. The highest BCUT2D eigenvalue weighted by atomic mass is 28.3. The van der Waals surface area contributed by atoms with Gasteiger partial charge in [-0.2, -0.15) is 0 Å². The zero-order valence-corrected chi connectivity index (χ0v) is 13.1. The normalized spacial score (nSPS) is 35.5. The molecule has 0 saturated heterocycles. The quantitative estimate of drug-likeness (QED) is 0.534. The summed E-state index contributed by atoms with van der Waals surface area (Å²) in [6, 6.07) is 11.2. The van der Waals surface area contributed by atoms with Crippen LogP contribution in [0.4, 0.5) is 0 Å². The van der Waals surface area contributed by atoms with Gasteiger partial charge in [-0.15, -0.1) is 0 Å². The first-order valence-corrected chi connectivity index (χ1v) is 11.1. The lowest BCUT2D eigenvalue weighted by Gasteiger charge is -2.48. The molecule has 0 nitrogen and oxygen atoms in total. The van der Waals surface area contributed by atoms with Gasteiger partial charge in [-0.25, -0.2) is 0 Å². The van der Waals surface area contributed by atoms with Crippen molar-refractivity contribution in [2.45, 2.75) is 26.1 Å². The van der Waals surface area contributed by atoms with Crippen molar-refractivity contribution >= 4 is 13.6 Å². The third-order valence-corrected chi connectivity index (χ3v) is 7.53. The fraction of sp³-hybridized carbons (Fsp3) is 0.444. The van der Waals surface area contributed by atoms with Crippen LogP contribution in [0.25, 0.3) is 5.57 Å². The Balaban J connectivity index is 1.86. The van der Waals surface area contributed by atoms with Crippen molar-refractivity contribution in [2.24, 2.45) is 23.7 Å². The zero-order valence-electron chi connectivity index (χ0n) is 12.1. The molecule has 1 fully saturated rings. The van der Waals surface area contributed by atoms with Crippen LogP contribution in [-0.2, 0) is 0 Å². The maximum atomic E-state index is 2.52. The molecule has 4 rings (SSSR count). The van der Waals surface area contributed by atoms with Crippen molar-refractivity contribution in [3.05, 3.63) is 53.2 Å². The minimum atomic E-state index is -1.20. The first-order valence-electron chi connectivity index (χ1n) is 7.55. The minimum absolute atomic E-state index is 0.838. The topological polar surface area (TPSA) is 0 Å². The molecule has 19 heavy (non-hydrogen) atoms. The lowest BCUT2D eigenvalue weighted by atomic mass is 9.66. The van der Waals surface area contributed by atoms with Crippen molar-refractivity contribution in [3.8, 4) is 0 Å². The van der Waals surface area contributed by atoms with Crippen molar-refractivity contribution in [1.29, 1.82) is 0 Å². The largest absolute Gasteiger partial charge is 0.0845 e. The Morgan fingerprint density at radius 2 is 1.53 bits per heavy atom. The van der Waals surface area contributed by atoms with Crippen LogP contribution in [0.1, 0.15) is 12.0 Å². The van der Waals surface area contributed by atoms with Gasteiger partial charge in [-0.3, -0.25) is 0 Å². The number of benzene rings is 1. The van der Waals surface area contributed by atoms with Crippen LogP contribution in [0.2, 0.25) is 19.6 Å². The van der Waals surface area contributed by atoms with Crippen molar-refractivity contribution in [2.75, 3.05) is 0 Å². The van der Waals surface area contributed by atoms with Crippen LogP contribution in [-0.4, -0.2) is 8.07 Å². The van der Waals surface area contributed by atoms with E-state index in [1.165, 1.54) is 12.0 Å². The van der Waals surface area contributed by atoms with Gasteiger partial charge in [-0.05, 0) is 41.2 Å². The molecule has 0 heterocycles. The first-order chi connectivity index (χ1) is 9.07. The first kappa shape index (κ1) is 11.7. The van der Waals surface area contributed by atoms with Crippen molar-refractivity contribution < 1.29 is 0 Å². The van der Waals surface area contributed by atoms with Gasteiger partial charge in [0, 0.05) is 0 Å². The second-order valence-corrected chi connectivity index (χ2v) is 12.5. The molecular formula is C18H22Si. The molecule has 1 aromatic rings. The zero-order chi connectivity index (χ0) is 13.2. The molecule has 4 atom stereocenters. The second-order valence-electron chi connectivity index (χ2n) is 7.44. The summed E-state index contributed by atoms with van der Waals surface area (Å²) in [4.78, 5) is 0. The van der Waals surface area contributed by atoms with Gasteiger partial charge in [0.1, 0.15) is 0 Å².